The first-order valence-corrected chi connectivity index (χ1v) is 10.6. The van der Waals surface area contributed by atoms with Crippen LogP contribution >= 0.6 is 0 Å². The zero-order valence-electron chi connectivity index (χ0n) is 17.6. The van der Waals surface area contributed by atoms with Crippen LogP contribution in [0.4, 0.5) is 20.2 Å². The Morgan fingerprint density at radius 2 is 1.78 bits per heavy atom. The molecular formula is C23H23F2N5O2. The van der Waals surface area contributed by atoms with Crippen molar-refractivity contribution in [3.8, 4) is 0 Å². The Kier molecular flexibility index (Phi) is 4.83. The van der Waals surface area contributed by atoms with Crippen molar-refractivity contribution in [1.82, 2.24) is 4.90 Å². The molecule has 2 amide bonds. The average Bonchev–Trinajstić information content (AvgIpc) is 3.19. The zero-order valence-corrected chi connectivity index (χ0v) is 17.6. The molecule has 2 aromatic carbocycles. The van der Waals surface area contributed by atoms with Gasteiger partial charge in [-0.15, -0.1) is 0 Å². The van der Waals surface area contributed by atoms with Gasteiger partial charge in [0.1, 0.15) is 24.0 Å². The van der Waals surface area contributed by atoms with Gasteiger partial charge in [0.15, 0.2) is 0 Å². The molecule has 2 aromatic rings. The van der Waals surface area contributed by atoms with Gasteiger partial charge in [-0.1, -0.05) is 6.42 Å². The van der Waals surface area contributed by atoms with Crippen LogP contribution in [0, 0.1) is 24.5 Å². The molecule has 166 valence electrons. The van der Waals surface area contributed by atoms with Gasteiger partial charge in [-0.05, 0) is 49.6 Å². The monoisotopic (exact) mass is 439 g/mol. The number of amides is 2. The highest BCUT2D eigenvalue weighted by atomic mass is 19.1. The van der Waals surface area contributed by atoms with E-state index in [4.69, 9.17) is 5.84 Å². The third kappa shape index (κ3) is 3.19. The summed E-state index contributed by atoms with van der Waals surface area (Å²) in [6, 6.07) is 5.61. The van der Waals surface area contributed by atoms with E-state index in [1.54, 1.807) is 13.0 Å². The lowest BCUT2D eigenvalue weighted by molar-refractivity contribution is -0.115. The van der Waals surface area contributed by atoms with Gasteiger partial charge in [-0.2, -0.15) is 5.10 Å². The summed E-state index contributed by atoms with van der Waals surface area (Å²) in [5, 5.41) is 6.80. The summed E-state index contributed by atoms with van der Waals surface area (Å²) in [4.78, 5) is 28.9. The van der Waals surface area contributed by atoms with E-state index in [1.165, 1.54) is 4.90 Å². The number of amidine groups is 1. The number of anilines is 2. The summed E-state index contributed by atoms with van der Waals surface area (Å²) in [6.45, 7) is 1.90. The van der Waals surface area contributed by atoms with Gasteiger partial charge in [0.2, 0.25) is 5.91 Å². The van der Waals surface area contributed by atoms with E-state index in [0.717, 1.165) is 37.1 Å². The molecule has 32 heavy (non-hydrogen) atoms. The number of hydrogen-bond acceptors (Lipinski definition) is 4. The molecule has 1 aliphatic carbocycles. The predicted octanol–water partition coefficient (Wildman–Crippen LogP) is 3.26. The molecule has 0 atom stereocenters. The Balaban J connectivity index is 1.48. The van der Waals surface area contributed by atoms with Crippen molar-refractivity contribution >= 4 is 29.0 Å². The quantitative estimate of drug-likeness (QED) is 0.325. The fourth-order valence-corrected chi connectivity index (χ4v) is 4.66. The van der Waals surface area contributed by atoms with Crippen LogP contribution in [0.5, 0.6) is 0 Å². The number of carbonyl (C=O) groups excluding carboxylic acids is 2. The van der Waals surface area contributed by atoms with Gasteiger partial charge in [-0.25, -0.2) is 8.78 Å². The second-order valence-electron chi connectivity index (χ2n) is 8.58. The second-order valence-corrected chi connectivity index (χ2v) is 8.58. The Hall–Kier alpha value is -3.49. The first kappa shape index (κ1) is 20.4. The molecule has 0 spiro atoms. The Labute approximate surface area is 183 Å². The van der Waals surface area contributed by atoms with Crippen molar-refractivity contribution in [3.05, 3.63) is 58.2 Å². The highest BCUT2D eigenvalue weighted by Gasteiger charge is 2.35. The molecule has 0 unspecified atom stereocenters. The topological polar surface area (TPSA) is 91.0 Å². The number of hydrogen-bond donors (Lipinski definition) is 2. The van der Waals surface area contributed by atoms with Gasteiger partial charge >= 0.3 is 0 Å². The smallest absolute Gasteiger partial charge is 0.254 e. The fraction of sp³-hybridized carbons (Fsp3) is 0.348. The van der Waals surface area contributed by atoms with Crippen LogP contribution in [0.25, 0.3) is 0 Å². The number of aryl methyl sites for hydroxylation is 1. The summed E-state index contributed by atoms with van der Waals surface area (Å²) in [6.07, 6.45) is 3.05. The van der Waals surface area contributed by atoms with E-state index in [1.807, 2.05) is 11.0 Å². The molecule has 2 aliphatic heterocycles. The SMILES string of the molecule is Cc1cc2c(cc1C(=O)N1Cc3c(F)ccc(F)c3C1)NC(=O)CN2/C(=N\N)C1CCC1. The molecule has 3 N–H and O–H groups in total. The first-order chi connectivity index (χ1) is 15.4. The molecule has 3 aliphatic rings. The third-order valence-corrected chi connectivity index (χ3v) is 6.62. The summed E-state index contributed by atoms with van der Waals surface area (Å²) < 4.78 is 28.3. The van der Waals surface area contributed by atoms with Crippen LogP contribution in [0.1, 0.15) is 46.3 Å². The Morgan fingerprint density at radius 1 is 1.12 bits per heavy atom. The number of fused-ring (bicyclic) bond motifs is 2. The highest BCUT2D eigenvalue weighted by molar-refractivity contribution is 6.13. The van der Waals surface area contributed by atoms with Crippen LogP contribution in [0.3, 0.4) is 0 Å². The van der Waals surface area contributed by atoms with E-state index in [-0.39, 0.29) is 48.5 Å². The van der Waals surface area contributed by atoms with Crippen molar-refractivity contribution in [2.24, 2.45) is 16.9 Å². The van der Waals surface area contributed by atoms with Crippen molar-refractivity contribution in [1.29, 1.82) is 0 Å². The average molecular weight is 439 g/mol. The number of rotatable bonds is 2. The summed E-state index contributed by atoms with van der Waals surface area (Å²) in [5.74, 6) is 4.95. The molecule has 7 nitrogen and oxygen atoms in total. The van der Waals surface area contributed by atoms with Crippen molar-refractivity contribution in [2.75, 3.05) is 16.8 Å². The van der Waals surface area contributed by atoms with Crippen LogP contribution in [0.2, 0.25) is 0 Å². The third-order valence-electron chi connectivity index (χ3n) is 6.62. The van der Waals surface area contributed by atoms with E-state index < -0.39 is 11.6 Å². The highest BCUT2D eigenvalue weighted by Crippen LogP contribution is 2.38. The standard InChI is InChI=1S/C23H23F2N5O2/c1-12-7-20-19(27-21(31)11-30(20)22(28-26)13-3-2-4-13)8-14(12)23(32)29-9-15-16(10-29)18(25)6-5-17(15)24/h5-8,13H,2-4,9-11,26H2,1H3,(H,27,31)/b28-22-. The van der Waals surface area contributed by atoms with Crippen molar-refractivity contribution in [3.63, 3.8) is 0 Å². The normalized spacial score (nSPS) is 18.2. The maximum Gasteiger partial charge on any atom is 0.254 e. The minimum Gasteiger partial charge on any atom is -0.330 e. The lowest BCUT2D eigenvalue weighted by Gasteiger charge is -2.37. The van der Waals surface area contributed by atoms with Crippen LogP contribution < -0.4 is 16.1 Å². The number of carbonyl (C=O) groups is 2. The number of nitrogens with zero attached hydrogens (tertiary/aromatic N) is 3. The molecule has 0 bridgehead atoms. The van der Waals surface area contributed by atoms with E-state index in [2.05, 4.69) is 10.4 Å². The largest absolute Gasteiger partial charge is 0.330 e. The van der Waals surface area contributed by atoms with E-state index in [9.17, 15) is 18.4 Å². The Morgan fingerprint density at radius 3 is 2.34 bits per heavy atom. The lowest BCUT2D eigenvalue weighted by Crippen LogP contribution is -2.47. The summed E-state index contributed by atoms with van der Waals surface area (Å²) >= 11 is 0. The van der Waals surface area contributed by atoms with Crippen LogP contribution in [-0.2, 0) is 17.9 Å². The number of nitrogens with one attached hydrogen (secondary N) is 1. The van der Waals surface area contributed by atoms with Gasteiger partial charge < -0.3 is 21.0 Å². The van der Waals surface area contributed by atoms with Crippen molar-refractivity contribution < 1.29 is 18.4 Å². The molecule has 0 aromatic heterocycles. The summed E-state index contributed by atoms with van der Waals surface area (Å²) in [7, 11) is 0. The van der Waals surface area contributed by atoms with Gasteiger partial charge in [-0.3, -0.25) is 9.59 Å². The Bertz CT molecular complexity index is 1140. The van der Waals surface area contributed by atoms with Gasteiger partial charge in [0.05, 0.1) is 11.4 Å². The lowest BCUT2D eigenvalue weighted by atomic mass is 9.83. The minimum absolute atomic E-state index is 0.00156. The van der Waals surface area contributed by atoms with E-state index >= 15 is 0 Å². The molecule has 0 saturated heterocycles. The number of nitrogens with two attached hydrogens (primary N) is 1. The van der Waals surface area contributed by atoms with E-state index in [0.29, 0.717) is 22.6 Å². The molecule has 2 heterocycles. The number of hydrazone groups is 1. The van der Waals surface area contributed by atoms with Gasteiger partial charge in [0, 0.05) is 35.7 Å². The number of halogens is 2. The maximum atomic E-state index is 14.1. The molecule has 1 fully saturated rings. The molecule has 9 heteroatoms. The fourth-order valence-electron chi connectivity index (χ4n) is 4.66. The zero-order chi connectivity index (χ0) is 22.6. The molecule has 5 rings (SSSR count). The number of benzene rings is 2. The predicted molar refractivity (Wildman–Crippen MR) is 116 cm³/mol. The van der Waals surface area contributed by atoms with Crippen molar-refractivity contribution in [2.45, 2.75) is 39.3 Å². The van der Waals surface area contributed by atoms with Crippen LogP contribution in [0.15, 0.2) is 29.4 Å². The molecule has 0 radical (unpaired) electrons. The molecule has 1 saturated carbocycles. The first-order valence-electron chi connectivity index (χ1n) is 10.6. The van der Waals surface area contributed by atoms with Crippen LogP contribution in [-0.4, -0.2) is 29.1 Å². The summed E-state index contributed by atoms with van der Waals surface area (Å²) in [5.41, 5.74) is 2.70. The van der Waals surface area contributed by atoms with Gasteiger partial charge in [0.25, 0.3) is 5.91 Å². The maximum absolute atomic E-state index is 14.1. The molecular weight excluding hydrogens is 416 g/mol. The second kappa shape index (κ2) is 7.58. The minimum atomic E-state index is -0.522.